The van der Waals surface area contributed by atoms with Gasteiger partial charge >= 0.3 is 6.03 Å². The van der Waals surface area contributed by atoms with Crippen molar-refractivity contribution >= 4 is 6.03 Å². The molecule has 6 nitrogen and oxygen atoms in total. The molecule has 0 radical (unpaired) electrons. The van der Waals surface area contributed by atoms with Gasteiger partial charge in [-0.3, -0.25) is 4.90 Å². The van der Waals surface area contributed by atoms with Crippen LogP contribution in [0.3, 0.4) is 0 Å². The first-order valence-electron chi connectivity index (χ1n) is 9.32. The first-order valence-corrected chi connectivity index (χ1v) is 9.32. The fraction of sp³-hybridized carbons (Fsp3) is 0.632. The number of rotatable bonds is 5. The van der Waals surface area contributed by atoms with Gasteiger partial charge in [0, 0.05) is 57.5 Å². The van der Waals surface area contributed by atoms with Crippen LogP contribution in [0.4, 0.5) is 4.79 Å². The first kappa shape index (κ1) is 18.0. The van der Waals surface area contributed by atoms with Gasteiger partial charge < -0.3 is 19.7 Å². The van der Waals surface area contributed by atoms with Crippen molar-refractivity contribution in [1.29, 1.82) is 0 Å². The van der Waals surface area contributed by atoms with E-state index >= 15 is 0 Å². The number of benzene rings is 1. The van der Waals surface area contributed by atoms with Gasteiger partial charge in [0.1, 0.15) is 5.75 Å². The molecule has 0 spiro atoms. The van der Waals surface area contributed by atoms with Gasteiger partial charge in [0.2, 0.25) is 0 Å². The van der Waals surface area contributed by atoms with E-state index in [2.05, 4.69) is 22.3 Å². The van der Waals surface area contributed by atoms with Crippen LogP contribution in [0.25, 0.3) is 0 Å². The highest BCUT2D eigenvalue weighted by atomic mass is 16.5. The topological polar surface area (TPSA) is 54.0 Å². The molecule has 0 saturated carbocycles. The van der Waals surface area contributed by atoms with E-state index in [4.69, 9.17) is 9.47 Å². The zero-order valence-electron chi connectivity index (χ0n) is 15.1. The summed E-state index contributed by atoms with van der Waals surface area (Å²) < 4.78 is 11.1. The summed E-state index contributed by atoms with van der Waals surface area (Å²) in [5.74, 6) is 0.963. The Kier molecular flexibility index (Phi) is 6.53. The van der Waals surface area contributed by atoms with E-state index in [0.29, 0.717) is 6.61 Å². The van der Waals surface area contributed by atoms with Crippen molar-refractivity contribution in [2.24, 2.45) is 0 Å². The average Bonchev–Trinajstić information content (AvgIpc) is 2.65. The van der Waals surface area contributed by atoms with E-state index < -0.39 is 0 Å². The number of amides is 2. The van der Waals surface area contributed by atoms with Crippen LogP contribution in [0.2, 0.25) is 0 Å². The second kappa shape index (κ2) is 9.06. The summed E-state index contributed by atoms with van der Waals surface area (Å²) in [4.78, 5) is 16.7. The van der Waals surface area contributed by atoms with Crippen molar-refractivity contribution in [3.8, 4) is 5.75 Å². The molecule has 1 N–H and O–H groups in total. The molecule has 1 aromatic carbocycles. The predicted molar refractivity (Wildman–Crippen MR) is 96.8 cm³/mol. The molecule has 2 fully saturated rings. The van der Waals surface area contributed by atoms with Gasteiger partial charge in [-0.25, -0.2) is 4.79 Å². The number of urea groups is 1. The summed E-state index contributed by atoms with van der Waals surface area (Å²) in [6, 6.07) is 8.53. The Morgan fingerprint density at radius 2 is 1.92 bits per heavy atom. The zero-order valence-corrected chi connectivity index (χ0v) is 15.1. The molecule has 0 bridgehead atoms. The minimum Gasteiger partial charge on any atom is -0.494 e. The smallest absolute Gasteiger partial charge is 0.317 e. The normalized spacial score (nSPS) is 19.6. The Balaban J connectivity index is 1.46. The van der Waals surface area contributed by atoms with Crippen LogP contribution in [-0.4, -0.2) is 67.9 Å². The third-order valence-electron chi connectivity index (χ3n) is 4.87. The molecule has 2 heterocycles. The summed E-state index contributed by atoms with van der Waals surface area (Å²) in [5, 5.41) is 3.15. The molecule has 0 aliphatic carbocycles. The monoisotopic (exact) mass is 347 g/mol. The molecule has 0 atom stereocenters. The fourth-order valence-corrected chi connectivity index (χ4v) is 3.39. The lowest BCUT2D eigenvalue weighted by Crippen LogP contribution is -2.53. The van der Waals surface area contributed by atoms with Crippen LogP contribution < -0.4 is 10.1 Å². The number of carbonyl (C=O) groups excluding carboxylic acids is 1. The molecule has 138 valence electrons. The molecule has 3 rings (SSSR count). The highest BCUT2D eigenvalue weighted by Crippen LogP contribution is 2.20. The van der Waals surface area contributed by atoms with E-state index in [1.165, 1.54) is 5.56 Å². The highest BCUT2D eigenvalue weighted by molar-refractivity contribution is 5.74. The molecule has 25 heavy (non-hydrogen) atoms. The lowest BCUT2D eigenvalue weighted by atomic mass is 10.1. The van der Waals surface area contributed by atoms with Crippen molar-refractivity contribution in [2.75, 3.05) is 46.0 Å². The van der Waals surface area contributed by atoms with Gasteiger partial charge in [0.15, 0.2) is 0 Å². The van der Waals surface area contributed by atoms with Crippen molar-refractivity contribution < 1.29 is 14.3 Å². The standard InChI is InChI=1S/C19H29N3O3/c1-2-25-18-6-4-3-5-16(18)15-21-9-11-22(12-10-21)19(23)20-17-7-13-24-14-8-17/h3-6,17H,2,7-15H2,1H3,(H,20,23). The molecule has 1 aromatic rings. The van der Waals surface area contributed by atoms with Crippen LogP contribution in [0, 0.1) is 0 Å². The van der Waals surface area contributed by atoms with Crippen molar-refractivity contribution in [3.63, 3.8) is 0 Å². The largest absolute Gasteiger partial charge is 0.494 e. The number of carbonyl (C=O) groups is 1. The Morgan fingerprint density at radius 1 is 1.20 bits per heavy atom. The number of para-hydroxylation sites is 1. The van der Waals surface area contributed by atoms with Crippen LogP contribution in [0.1, 0.15) is 25.3 Å². The van der Waals surface area contributed by atoms with Gasteiger partial charge in [0.25, 0.3) is 0 Å². The number of piperazine rings is 1. The zero-order chi connectivity index (χ0) is 17.5. The van der Waals surface area contributed by atoms with E-state index in [0.717, 1.165) is 64.5 Å². The SMILES string of the molecule is CCOc1ccccc1CN1CCN(C(=O)NC2CCOCC2)CC1. The summed E-state index contributed by atoms with van der Waals surface area (Å²) in [7, 11) is 0. The molecule has 2 saturated heterocycles. The molecule has 6 heteroatoms. The molecular formula is C19H29N3O3. The number of nitrogens with one attached hydrogen (secondary N) is 1. The van der Waals surface area contributed by atoms with Crippen molar-refractivity contribution in [3.05, 3.63) is 29.8 Å². The van der Waals surface area contributed by atoms with Crippen molar-refractivity contribution in [2.45, 2.75) is 32.4 Å². The summed E-state index contributed by atoms with van der Waals surface area (Å²) >= 11 is 0. The fourth-order valence-electron chi connectivity index (χ4n) is 3.39. The van der Waals surface area contributed by atoms with E-state index in [1.54, 1.807) is 0 Å². The quantitative estimate of drug-likeness (QED) is 0.886. The third-order valence-corrected chi connectivity index (χ3v) is 4.87. The summed E-state index contributed by atoms with van der Waals surface area (Å²) in [5.41, 5.74) is 1.21. The predicted octanol–water partition coefficient (Wildman–Crippen LogP) is 2.09. The number of hydrogen-bond donors (Lipinski definition) is 1. The minimum absolute atomic E-state index is 0.0706. The van der Waals surface area contributed by atoms with Crippen LogP contribution in [0.5, 0.6) is 5.75 Å². The van der Waals surface area contributed by atoms with Gasteiger partial charge in [0.05, 0.1) is 6.61 Å². The third kappa shape index (κ3) is 5.09. The Bertz CT molecular complexity index is 553. The lowest BCUT2D eigenvalue weighted by Gasteiger charge is -2.36. The molecule has 0 unspecified atom stereocenters. The molecular weight excluding hydrogens is 318 g/mol. The second-order valence-electron chi connectivity index (χ2n) is 6.64. The number of ether oxygens (including phenoxy) is 2. The van der Waals surface area contributed by atoms with Gasteiger partial charge in [-0.15, -0.1) is 0 Å². The Labute approximate surface area is 150 Å². The van der Waals surface area contributed by atoms with Crippen LogP contribution in [-0.2, 0) is 11.3 Å². The highest BCUT2D eigenvalue weighted by Gasteiger charge is 2.24. The van der Waals surface area contributed by atoms with E-state index in [9.17, 15) is 4.79 Å². The summed E-state index contributed by atoms with van der Waals surface area (Å²) in [6.45, 7) is 8.37. The first-order chi connectivity index (χ1) is 12.3. The van der Waals surface area contributed by atoms with Gasteiger partial charge in [-0.2, -0.15) is 0 Å². The van der Waals surface area contributed by atoms with Crippen LogP contribution >= 0.6 is 0 Å². The molecule has 2 aliphatic heterocycles. The Hall–Kier alpha value is -1.79. The van der Waals surface area contributed by atoms with Gasteiger partial charge in [-0.05, 0) is 25.8 Å². The van der Waals surface area contributed by atoms with Gasteiger partial charge in [-0.1, -0.05) is 18.2 Å². The maximum absolute atomic E-state index is 12.4. The molecule has 2 aliphatic rings. The van der Waals surface area contributed by atoms with Crippen molar-refractivity contribution in [1.82, 2.24) is 15.1 Å². The minimum atomic E-state index is 0.0706. The lowest BCUT2D eigenvalue weighted by molar-refractivity contribution is 0.0758. The van der Waals surface area contributed by atoms with E-state index in [1.807, 2.05) is 24.0 Å². The second-order valence-corrected chi connectivity index (χ2v) is 6.64. The maximum atomic E-state index is 12.4. The molecule has 2 amide bonds. The summed E-state index contributed by atoms with van der Waals surface area (Å²) in [6.07, 6.45) is 1.83. The number of hydrogen-bond acceptors (Lipinski definition) is 4. The number of nitrogens with zero attached hydrogens (tertiary/aromatic N) is 2. The Morgan fingerprint density at radius 3 is 2.64 bits per heavy atom. The molecule has 0 aromatic heterocycles. The maximum Gasteiger partial charge on any atom is 0.317 e. The average molecular weight is 347 g/mol. The van der Waals surface area contributed by atoms with E-state index in [-0.39, 0.29) is 12.1 Å². The van der Waals surface area contributed by atoms with Crippen LogP contribution in [0.15, 0.2) is 24.3 Å².